The van der Waals surface area contributed by atoms with Crippen molar-refractivity contribution in [1.29, 1.82) is 0 Å². The molecule has 1 aromatic heterocycles. The molecule has 0 atom stereocenters. The van der Waals surface area contributed by atoms with Crippen LogP contribution in [0.5, 0.6) is 0 Å². The molecule has 0 amide bonds. The highest BCUT2D eigenvalue weighted by molar-refractivity contribution is 5.62. The fourth-order valence-corrected chi connectivity index (χ4v) is 1.47. The van der Waals surface area contributed by atoms with Crippen molar-refractivity contribution >= 4 is 5.57 Å². The Labute approximate surface area is 78.1 Å². The summed E-state index contributed by atoms with van der Waals surface area (Å²) in [5.74, 6) is 0. The molecule has 3 nitrogen and oxygen atoms in total. The minimum Gasteiger partial charge on any atom is -0.302 e. The predicted molar refractivity (Wildman–Crippen MR) is 52.1 cm³/mol. The van der Waals surface area contributed by atoms with Gasteiger partial charge in [-0.25, -0.2) is 0 Å². The van der Waals surface area contributed by atoms with E-state index in [9.17, 15) is 0 Å². The van der Waals surface area contributed by atoms with Crippen LogP contribution < -0.4 is 0 Å². The van der Waals surface area contributed by atoms with Crippen LogP contribution in [0.2, 0.25) is 0 Å². The molecule has 13 heavy (non-hydrogen) atoms. The van der Waals surface area contributed by atoms with Gasteiger partial charge in [0.1, 0.15) is 0 Å². The predicted octanol–water partition coefficient (Wildman–Crippen LogP) is 1.20. The zero-order valence-electron chi connectivity index (χ0n) is 7.77. The minimum absolute atomic E-state index is 1.02. The summed E-state index contributed by atoms with van der Waals surface area (Å²) in [6.07, 6.45) is 8.59. The molecule has 68 valence electrons. The second-order valence-corrected chi connectivity index (χ2v) is 3.33. The number of aromatic nitrogens is 2. The van der Waals surface area contributed by atoms with Crippen LogP contribution in [0.4, 0.5) is 0 Å². The lowest BCUT2D eigenvalue weighted by molar-refractivity contribution is 0.369. The van der Waals surface area contributed by atoms with E-state index in [1.54, 1.807) is 12.4 Å². The Morgan fingerprint density at radius 1 is 1.38 bits per heavy atom. The van der Waals surface area contributed by atoms with Gasteiger partial charge in [0.2, 0.25) is 0 Å². The van der Waals surface area contributed by atoms with Crippen molar-refractivity contribution in [3.63, 3.8) is 0 Å². The molecule has 0 radical (unpaired) electrons. The molecule has 0 bridgehead atoms. The van der Waals surface area contributed by atoms with Crippen LogP contribution in [0, 0.1) is 0 Å². The van der Waals surface area contributed by atoms with Gasteiger partial charge in [-0.15, -0.1) is 0 Å². The van der Waals surface area contributed by atoms with E-state index in [1.165, 1.54) is 5.57 Å². The van der Waals surface area contributed by atoms with Crippen molar-refractivity contribution < 1.29 is 0 Å². The zero-order valence-corrected chi connectivity index (χ0v) is 7.77. The van der Waals surface area contributed by atoms with E-state index < -0.39 is 0 Å². The van der Waals surface area contributed by atoms with Gasteiger partial charge in [0, 0.05) is 25.5 Å². The molecular weight excluding hydrogens is 162 g/mol. The van der Waals surface area contributed by atoms with E-state index in [2.05, 4.69) is 28.0 Å². The Kier molecular flexibility index (Phi) is 2.36. The molecule has 1 aliphatic heterocycles. The monoisotopic (exact) mass is 175 g/mol. The van der Waals surface area contributed by atoms with Crippen LogP contribution in [0.1, 0.15) is 12.1 Å². The van der Waals surface area contributed by atoms with E-state index in [-0.39, 0.29) is 0 Å². The quantitative estimate of drug-likeness (QED) is 0.642. The molecule has 0 saturated carbocycles. The molecule has 1 aromatic rings. The van der Waals surface area contributed by atoms with Crippen LogP contribution in [0.15, 0.2) is 24.7 Å². The lowest BCUT2D eigenvalue weighted by Gasteiger charge is -2.21. The van der Waals surface area contributed by atoms with Gasteiger partial charge in [-0.3, -0.25) is 9.97 Å². The van der Waals surface area contributed by atoms with Crippen LogP contribution in [0.25, 0.3) is 5.57 Å². The number of rotatable bonds is 1. The van der Waals surface area contributed by atoms with E-state index in [0.29, 0.717) is 0 Å². The van der Waals surface area contributed by atoms with Crippen molar-refractivity contribution in [1.82, 2.24) is 14.9 Å². The molecule has 1 aliphatic rings. The van der Waals surface area contributed by atoms with Crippen LogP contribution in [-0.2, 0) is 0 Å². The maximum atomic E-state index is 4.28. The molecule has 0 saturated heterocycles. The van der Waals surface area contributed by atoms with Crippen molar-refractivity contribution in [2.75, 3.05) is 20.1 Å². The summed E-state index contributed by atoms with van der Waals surface area (Å²) in [7, 11) is 2.13. The Bertz CT molecular complexity index is 305. The van der Waals surface area contributed by atoms with Gasteiger partial charge in [0.25, 0.3) is 0 Å². The molecule has 3 heteroatoms. The zero-order chi connectivity index (χ0) is 9.10. The average molecular weight is 175 g/mol. The lowest BCUT2D eigenvalue weighted by Crippen LogP contribution is -2.23. The third kappa shape index (κ3) is 1.92. The first-order valence-electron chi connectivity index (χ1n) is 4.50. The second-order valence-electron chi connectivity index (χ2n) is 3.33. The van der Waals surface area contributed by atoms with Gasteiger partial charge in [-0.1, -0.05) is 6.08 Å². The van der Waals surface area contributed by atoms with Gasteiger partial charge in [0.15, 0.2) is 0 Å². The molecule has 0 spiro atoms. The van der Waals surface area contributed by atoms with Gasteiger partial charge >= 0.3 is 0 Å². The molecule has 2 heterocycles. The average Bonchev–Trinajstić information content (AvgIpc) is 2.20. The third-order valence-electron chi connectivity index (χ3n) is 2.30. The summed E-state index contributed by atoms with van der Waals surface area (Å²) in [6.45, 7) is 2.13. The fraction of sp³-hybridized carbons (Fsp3) is 0.400. The lowest BCUT2D eigenvalue weighted by atomic mass is 10.1. The van der Waals surface area contributed by atoms with Gasteiger partial charge in [-0.2, -0.15) is 0 Å². The van der Waals surface area contributed by atoms with Gasteiger partial charge in [-0.05, 0) is 19.0 Å². The first-order valence-corrected chi connectivity index (χ1v) is 4.50. The third-order valence-corrected chi connectivity index (χ3v) is 2.30. The highest BCUT2D eigenvalue weighted by atomic mass is 15.1. The van der Waals surface area contributed by atoms with E-state index in [1.807, 2.05) is 6.20 Å². The Morgan fingerprint density at radius 2 is 2.31 bits per heavy atom. The summed E-state index contributed by atoms with van der Waals surface area (Å²) in [5.41, 5.74) is 2.35. The Hall–Kier alpha value is -1.22. The van der Waals surface area contributed by atoms with E-state index >= 15 is 0 Å². The summed E-state index contributed by atoms with van der Waals surface area (Å²) >= 11 is 0. The van der Waals surface area contributed by atoms with Crippen molar-refractivity contribution in [2.24, 2.45) is 0 Å². The van der Waals surface area contributed by atoms with E-state index in [0.717, 1.165) is 25.2 Å². The first-order chi connectivity index (χ1) is 6.36. The molecule has 0 aliphatic carbocycles. The van der Waals surface area contributed by atoms with E-state index in [4.69, 9.17) is 0 Å². The highest BCUT2D eigenvalue weighted by Gasteiger charge is 2.09. The summed E-state index contributed by atoms with van der Waals surface area (Å²) in [5, 5.41) is 0. The van der Waals surface area contributed by atoms with Crippen molar-refractivity contribution in [2.45, 2.75) is 6.42 Å². The number of hydrogen-bond donors (Lipinski definition) is 0. The smallest absolute Gasteiger partial charge is 0.0842 e. The number of nitrogens with zero attached hydrogens (tertiary/aromatic N) is 3. The van der Waals surface area contributed by atoms with Crippen LogP contribution in [0.3, 0.4) is 0 Å². The first kappa shape index (κ1) is 8.38. The largest absolute Gasteiger partial charge is 0.302 e. The van der Waals surface area contributed by atoms with Crippen LogP contribution >= 0.6 is 0 Å². The fourth-order valence-electron chi connectivity index (χ4n) is 1.47. The van der Waals surface area contributed by atoms with Crippen molar-refractivity contribution in [3.05, 3.63) is 30.4 Å². The molecule has 0 fully saturated rings. The standard InChI is InChI=1S/C10H13N3/c1-13-6-2-9(3-7-13)10-8-11-4-5-12-10/h2,4-5,8H,3,6-7H2,1H3. The summed E-state index contributed by atoms with van der Waals surface area (Å²) < 4.78 is 0. The minimum atomic E-state index is 1.02. The molecule has 2 rings (SSSR count). The maximum absolute atomic E-state index is 4.28. The summed E-state index contributed by atoms with van der Waals surface area (Å²) in [4.78, 5) is 10.6. The second kappa shape index (κ2) is 3.66. The molecular formula is C10H13N3. The molecule has 0 N–H and O–H groups in total. The molecule has 0 unspecified atom stereocenters. The Morgan fingerprint density at radius 3 is 2.92 bits per heavy atom. The highest BCUT2D eigenvalue weighted by Crippen LogP contribution is 2.18. The molecule has 0 aromatic carbocycles. The van der Waals surface area contributed by atoms with Crippen LogP contribution in [-0.4, -0.2) is 35.0 Å². The Balaban J connectivity index is 2.19. The SMILES string of the molecule is CN1CC=C(c2cnccn2)CC1. The number of hydrogen-bond acceptors (Lipinski definition) is 3. The summed E-state index contributed by atoms with van der Waals surface area (Å²) in [6, 6.07) is 0. The number of likely N-dealkylation sites (N-methyl/N-ethyl adjacent to an activating group) is 1. The topological polar surface area (TPSA) is 29.0 Å². The van der Waals surface area contributed by atoms with Crippen molar-refractivity contribution in [3.8, 4) is 0 Å². The van der Waals surface area contributed by atoms with Gasteiger partial charge < -0.3 is 4.90 Å². The normalized spacial score (nSPS) is 18.4. The van der Waals surface area contributed by atoms with Gasteiger partial charge in [0.05, 0.1) is 11.9 Å². The maximum Gasteiger partial charge on any atom is 0.0842 e.